The molecule has 3 nitrogen and oxygen atoms in total. The van der Waals surface area contributed by atoms with Crippen LogP contribution < -0.4 is 5.32 Å². The van der Waals surface area contributed by atoms with Gasteiger partial charge in [-0.25, -0.2) is 0 Å². The van der Waals surface area contributed by atoms with E-state index in [1.807, 2.05) is 37.3 Å². The number of rotatable bonds is 8. The molecular formula is C14H21NO2S. The van der Waals surface area contributed by atoms with Crippen LogP contribution >= 0.6 is 11.8 Å². The molecular weight excluding hydrogens is 246 g/mol. The summed E-state index contributed by atoms with van der Waals surface area (Å²) < 4.78 is 0. The van der Waals surface area contributed by atoms with Gasteiger partial charge in [0.25, 0.3) is 0 Å². The zero-order valence-corrected chi connectivity index (χ0v) is 11.6. The second kappa shape index (κ2) is 9.00. The van der Waals surface area contributed by atoms with Crippen LogP contribution in [0.5, 0.6) is 0 Å². The molecule has 1 unspecified atom stereocenters. The summed E-state index contributed by atoms with van der Waals surface area (Å²) in [6.45, 7) is 2.85. The van der Waals surface area contributed by atoms with Crippen molar-refractivity contribution < 1.29 is 9.90 Å². The number of aliphatic hydroxyl groups excluding tert-OH is 1. The summed E-state index contributed by atoms with van der Waals surface area (Å²) in [7, 11) is 0. The molecule has 0 aliphatic rings. The van der Waals surface area contributed by atoms with E-state index in [4.69, 9.17) is 5.11 Å². The van der Waals surface area contributed by atoms with Gasteiger partial charge < -0.3 is 10.4 Å². The molecule has 0 saturated carbocycles. The third-order valence-corrected chi connectivity index (χ3v) is 3.76. The normalized spacial score (nSPS) is 12.1. The number of aliphatic hydroxyl groups is 1. The van der Waals surface area contributed by atoms with E-state index < -0.39 is 0 Å². The lowest BCUT2D eigenvalue weighted by molar-refractivity contribution is -0.122. The van der Waals surface area contributed by atoms with Gasteiger partial charge in [-0.3, -0.25) is 4.79 Å². The van der Waals surface area contributed by atoms with Crippen molar-refractivity contribution in [2.24, 2.45) is 0 Å². The van der Waals surface area contributed by atoms with Gasteiger partial charge in [0.1, 0.15) is 0 Å². The van der Waals surface area contributed by atoms with Crippen LogP contribution in [0.2, 0.25) is 0 Å². The van der Waals surface area contributed by atoms with Gasteiger partial charge >= 0.3 is 0 Å². The van der Waals surface area contributed by atoms with Crippen molar-refractivity contribution in [3.05, 3.63) is 35.9 Å². The number of carbonyl (C=O) groups excluding carboxylic acids is 1. The lowest BCUT2D eigenvalue weighted by Gasteiger charge is -2.12. The minimum atomic E-state index is -0.103. The standard InChI is InChI=1S/C14H21NO2S/c1-12(13-6-3-2-4-7-13)14(17)15-8-11-18-10-5-9-16/h2-4,6-7,12,16H,5,8-11H2,1H3,(H,15,17). The SMILES string of the molecule is CC(C(=O)NCCSCCCO)c1ccccc1. The van der Waals surface area contributed by atoms with Crippen molar-refractivity contribution in [3.63, 3.8) is 0 Å². The van der Waals surface area contributed by atoms with Crippen LogP contribution in [0.1, 0.15) is 24.8 Å². The Bertz CT molecular complexity index is 343. The summed E-state index contributed by atoms with van der Waals surface area (Å²) in [6, 6.07) is 9.79. The molecule has 1 aromatic carbocycles. The second-order valence-corrected chi connectivity index (χ2v) is 5.34. The highest BCUT2D eigenvalue weighted by Crippen LogP contribution is 2.14. The molecule has 0 aliphatic carbocycles. The molecule has 0 bridgehead atoms. The molecule has 1 amide bonds. The molecule has 100 valence electrons. The Balaban J connectivity index is 2.20. The summed E-state index contributed by atoms with van der Waals surface area (Å²) in [5.74, 6) is 1.81. The highest BCUT2D eigenvalue weighted by atomic mass is 32.2. The third-order valence-electron chi connectivity index (χ3n) is 2.69. The maximum absolute atomic E-state index is 11.9. The summed E-state index contributed by atoms with van der Waals surface area (Å²) in [5, 5.41) is 11.6. The van der Waals surface area contributed by atoms with Gasteiger partial charge in [-0.1, -0.05) is 30.3 Å². The van der Waals surface area contributed by atoms with Crippen LogP contribution in [0, 0.1) is 0 Å². The third kappa shape index (κ3) is 5.56. The van der Waals surface area contributed by atoms with E-state index >= 15 is 0 Å². The lowest BCUT2D eigenvalue weighted by atomic mass is 10.0. The number of hydrogen-bond acceptors (Lipinski definition) is 3. The fourth-order valence-electron chi connectivity index (χ4n) is 1.56. The van der Waals surface area contributed by atoms with Crippen molar-refractivity contribution in [1.82, 2.24) is 5.32 Å². The van der Waals surface area contributed by atoms with Crippen LogP contribution in [0.3, 0.4) is 0 Å². The molecule has 0 aromatic heterocycles. The van der Waals surface area contributed by atoms with E-state index in [1.54, 1.807) is 11.8 Å². The molecule has 18 heavy (non-hydrogen) atoms. The number of nitrogens with one attached hydrogen (secondary N) is 1. The molecule has 0 fully saturated rings. The number of carbonyl (C=O) groups is 1. The first-order valence-electron chi connectivity index (χ1n) is 6.27. The highest BCUT2D eigenvalue weighted by molar-refractivity contribution is 7.99. The highest BCUT2D eigenvalue weighted by Gasteiger charge is 2.13. The molecule has 1 rings (SSSR count). The quantitative estimate of drug-likeness (QED) is 0.709. The van der Waals surface area contributed by atoms with Gasteiger partial charge in [0.15, 0.2) is 0 Å². The van der Waals surface area contributed by atoms with Gasteiger partial charge in [0.05, 0.1) is 5.92 Å². The Hall–Kier alpha value is -1.00. The molecule has 1 aromatic rings. The topological polar surface area (TPSA) is 49.3 Å². The largest absolute Gasteiger partial charge is 0.396 e. The predicted molar refractivity (Wildman–Crippen MR) is 76.9 cm³/mol. The van der Waals surface area contributed by atoms with Crippen LogP contribution in [-0.2, 0) is 4.79 Å². The van der Waals surface area contributed by atoms with E-state index in [1.165, 1.54) is 0 Å². The maximum Gasteiger partial charge on any atom is 0.227 e. The van der Waals surface area contributed by atoms with Gasteiger partial charge in [-0.2, -0.15) is 11.8 Å². The van der Waals surface area contributed by atoms with E-state index in [2.05, 4.69) is 5.32 Å². The molecule has 4 heteroatoms. The van der Waals surface area contributed by atoms with Crippen molar-refractivity contribution in [1.29, 1.82) is 0 Å². The van der Waals surface area contributed by atoms with Crippen molar-refractivity contribution in [2.75, 3.05) is 24.7 Å². The summed E-state index contributed by atoms with van der Waals surface area (Å²) in [6.07, 6.45) is 0.818. The smallest absolute Gasteiger partial charge is 0.227 e. The molecule has 0 saturated heterocycles. The molecule has 0 radical (unpaired) electrons. The van der Waals surface area contributed by atoms with Crippen LogP contribution in [0.25, 0.3) is 0 Å². The molecule has 0 heterocycles. The van der Waals surface area contributed by atoms with Crippen molar-refractivity contribution in [3.8, 4) is 0 Å². The van der Waals surface area contributed by atoms with Crippen LogP contribution in [0.4, 0.5) is 0 Å². The first-order valence-corrected chi connectivity index (χ1v) is 7.42. The van der Waals surface area contributed by atoms with Gasteiger partial charge in [-0.05, 0) is 24.7 Å². The Morgan fingerprint density at radius 3 is 2.72 bits per heavy atom. The van der Waals surface area contributed by atoms with E-state index in [9.17, 15) is 4.79 Å². The Morgan fingerprint density at radius 1 is 1.33 bits per heavy atom. The fourth-order valence-corrected chi connectivity index (χ4v) is 2.35. The summed E-state index contributed by atoms with van der Waals surface area (Å²) in [4.78, 5) is 11.9. The van der Waals surface area contributed by atoms with Gasteiger partial charge in [0, 0.05) is 18.9 Å². The zero-order valence-electron chi connectivity index (χ0n) is 10.8. The Morgan fingerprint density at radius 2 is 2.06 bits per heavy atom. The molecule has 2 N–H and O–H groups in total. The fraction of sp³-hybridized carbons (Fsp3) is 0.500. The average molecular weight is 267 g/mol. The average Bonchev–Trinajstić information content (AvgIpc) is 2.42. The second-order valence-electron chi connectivity index (χ2n) is 4.11. The van der Waals surface area contributed by atoms with Crippen molar-refractivity contribution >= 4 is 17.7 Å². The van der Waals surface area contributed by atoms with Gasteiger partial charge in [-0.15, -0.1) is 0 Å². The number of amides is 1. The van der Waals surface area contributed by atoms with E-state index in [0.717, 1.165) is 23.5 Å². The Kier molecular flexibility index (Phi) is 7.53. The Labute approximate surface area is 113 Å². The van der Waals surface area contributed by atoms with E-state index in [-0.39, 0.29) is 18.4 Å². The summed E-state index contributed by atoms with van der Waals surface area (Å²) >= 11 is 1.75. The number of benzene rings is 1. The predicted octanol–water partition coefficient (Wildman–Crippen LogP) is 2.02. The van der Waals surface area contributed by atoms with Crippen LogP contribution in [-0.4, -0.2) is 35.7 Å². The minimum absolute atomic E-state index is 0.0731. The maximum atomic E-state index is 11.9. The lowest BCUT2D eigenvalue weighted by Crippen LogP contribution is -2.29. The van der Waals surface area contributed by atoms with Crippen molar-refractivity contribution in [2.45, 2.75) is 19.3 Å². The van der Waals surface area contributed by atoms with E-state index in [0.29, 0.717) is 6.54 Å². The van der Waals surface area contributed by atoms with Gasteiger partial charge in [0.2, 0.25) is 5.91 Å². The zero-order chi connectivity index (χ0) is 13.2. The summed E-state index contributed by atoms with van der Waals surface area (Å²) in [5.41, 5.74) is 1.04. The molecule has 1 atom stereocenters. The molecule has 0 aliphatic heterocycles. The first kappa shape index (κ1) is 15.1. The van der Waals surface area contributed by atoms with Crippen LogP contribution in [0.15, 0.2) is 30.3 Å². The first-order chi connectivity index (χ1) is 8.75. The molecule has 0 spiro atoms. The monoisotopic (exact) mass is 267 g/mol. The minimum Gasteiger partial charge on any atom is -0.396 e. The number of hydrogen-bond donors (Lipinski definition) is 2. The number of thioether (sulfide) groups is 1.